The van der Waals surface area contributed by atoms with Crippen LogP contribution in [0.25, 0.3) is 0 Å². The predicted molar refractivity (Wildman–Crippen MR) is 45.3 cm³/mol. The average molecular weight is 234 g/mol. The van der Waals surface area contributed by atoms with Crippen molar-refractivity contribution in [2.24, 2.45) is 0 Å². The first kappa shape index (κ1) is 13.7. The number of hydrogen-bond acceptors (Lipinski definition) is 3. The highest BCUT2D eigenvalue weighted by molar-refractivity contribution is 7.87. The Labute approximate surface area is 81.4 Å². The van der Waals surface area contributed by atoms with Crippen molar-refractivity contribution >= 4 is 10.1 Å². The van der Waals surface area contributed by atoms with Crippen molar-refractivity contribution in [3.63, 3.8) is 0 Å². The second-order valence-electron chi connectivity index (χ2n) is 2.97. The molecule has 0 saturated carbocycles. The van der Waals surface area contributed by atoms with Crippen molar-refractivity contribution in [2.45, 2.75) is 38.1 Å². The number of alkyl halides is 3. The summed E-state index contributed by atoms with van der Waals surface area (Å²) in [5.41, 5.74) is 0. The van der Waals surface area contributed by atoms with Crippen LogP contribution in [0.2, 0.25) is 0 Å². The molecule has 0 aromatic rings. The lowest BCUT2D eigenvalue weighted by molar-refractivity contribution is -0.152. The molecule has 1 atom stereocenters. The van der Waals surface area contributed by atoms with Crippen LogP contribution in [0, 0.1) is 0 Å². The molecular weight excluding hydrogens is 221 g/mol. The molecule has 0 aliphatic heterocycles. The molecule has 0 radical (unpaired) electrons. The Kier molecular flexibility index (Phi) is 4.87. The van der Waals surface area contributed by atoms with Crippen molar-refractivity contribution < 1.29 is 25.8 Å². The van der Waals surface area contributed by atoms with Gasteiger partial charge in [0.05, 0.1) is 5.25 Å². The highest BCUT2D eigenvalue weighted by Gasteiger charge is 2.32. The molecule has 1 unspecified atom stereocenters. The molecule has 3 nitrogen and oxygen atoms in total. The van der Waals surface area contributed by atoms with Gasteiger partial charge in [0.1, 0.15) is 0 Å². The second kappa shape index (κ2) is 4.97. The van der Waals surface area contributed by atoms with Crippen LogP contribution in [0.15, 0.2) is 0 Å². The summed E-state index contributed by atoms with van der Waals surface area (Å²) in [5, 5.41) is -0.894. The third kappa shape index (κ3) is 5.43. The maximum Gasteiger partial charge on any atom is 0.413 e. The minimum atomic E-state index is -4.61. The molecule has 86 valence electrons. The lowest BCUT2D eigenvalue weighted by Crippen LogP contribution is -2.26. The van der Waals surface area contributed by atoms with Gasteiger partial charge in [-0.15, -0.1) is 0 Å². The summed E-state index contributed by atoms with van der Waals surface area (Å²) in [6.07, 6.45) is -3.74. The second-order valence-corrected chi connectivity index (χ2v) is 5.00. The molecule has 0 aliphatic rings. The van der Waals surface area contributed by atoms with Crippen LogP contribution in [0.1, 0.15) is 26.7 Å². The molecule has 0 N–H and O–H groups in total. The SMILES string of the molecule is CCCC(C)S(=O)(=O)OCC(F)(F)F. The third-order valence-electron chi connectivity index (χ3n) is 1.57. The van der Waals surface area contributed by atoms with E-state index in [1.54, 1.807) is 6.92 Å². The van der Waals surface area contributed by atoms with Crippen molar-refractivity contribution in [3.05, 3.63) is 0 Å². The fourth-order valence-electron chi connectivity index (χ4n) is 0.816. The smallest absolute Gasteiger partial charge is 0.260 e. The van der Waals surface area contributed by atoms with Gasteiger partial charge < -0.3 is 0 Å². The van der Waals surface area contributed by atoms with Gasteiger partial charge >= 0.3 is 6.18 Å². The molecule has 7 heteroatoms. The van der Waals surface area contributed by atoms with E-state index in [4.69, 9.17) is 0 Å². The molecule has 0 fully saturated rings. The molecule has 0 rings (SSSR count). The highest BCUT2D eigenvalue weighted by atomic mass is 32.2. The van der Waals surface area contributed by atoms with E-state index in [0.29, 0.717) is 12.8 Å². The Bertz CT molecular complexity index is 258. The van der Waals surface area contributed by atoms with Crippen LogP contribution in [0.5, 0.6) is 0 Å². The summed E-state index contributed by atoms with van der Waals surface area (Å²) in [5.74, 6) is 0. The highest BCUT2D eigenvalue weighted by Crippen LogP contribution is 2.18. The Balaban J connectivity index is 4.22. The fourth-order valence-corrected chi connectivity index (χ4v) is 1.87. The van der Waals surface area contributed by atoms with Gasteiger partial charge in [-0.2, -0.15) is 21.6 Å². The first-order valence-corrected chi connectivity index (χ1v) is 5.61. The lowest BCUT2D eigenvalue weighted by atomic mass is 10.3. The molecule has 0 heterocycles. The van der Waals surface area contributed by atoms with E-state index in [9.17, 15) is 21.6 Å². The van der Waals surface area contributed by atoms with Gasteiger partial charge in [0.2, 0.25) is 0 Å². The van der Waals surface area contributed by atoms with Gasteiger partial charge in [-0.1, -0.05) is 13.3 Å². The summed E-state index contributed by atoms with van der Waals surface area (Å²) < 4.78 is 60.9. The molecule has 14 heavy (non-hydrogen) atoms. The van der Waals surface area contributed by atoms with E-state index in [-0.39, 0.29) is 0 Å². The Morgan fingerprint density at radius 1 is 1.36 bits per heavy atom. The zero-order chi connectivity index (χ0) is 11.4. The molecule has 0 aliphatic carbocycles. The Morgan fingerprint density at radius 2 is 1.86 bits per heavy atom. The van der Waals surface area contributed by atoms with Crippen LogP contribution in [0.3, 0.4) is 0 Å². The van der Waals surface area contributed by atoms with Gasteiger partial charge in [0, 0.05) is 0 Å². The molecular formula is C7H13F3O3S. The van der Waals surface area contributed by atoms with Crippen LogP contribution >= 0.6 is 0 Å². The van der Waals surface area contributed by atoms with Crippen LogP contribution < -0.4 is 0 Å². The minimum absolute atomic E-state index is 0.292. The largest absolute Gasteiger partial charge is 0.413 e. The normalized spacial score (nSPS) is 15.5. The molecule has 0 saturated heterocycles. The number of rotatable bonds is 5. The third-order valence-corrected chi connectivity index (χ3v) is 3.24. The van der Waals surface area contributed by atoms with Crippen molar-refractivity contribution in [1.82, 2.24) is 0 Å². The van der Waals surface area contributed by atoms with Crippen molar-refractivity contribution in [2.75, 3.05) is 6.61 Å². The molecule has 0 bridgehead atoms. The van der Waals surface area contributed by atoms with Crippen LogP contribution in [-0.4, -0.2) is 26.5 Å². The van der Waals surface area contributed by atoms with Gasteiger partial charge in [-0.3, -0.25) is 4.18 Å². The minimum Gasteiger partial charge on any atom is -0.260 e. The molecule has 0 spiro atoms. The standard InChI is InChI=1S/C7H13F3O3S/c1-3-4-6(2)14(11,12)13-5-7(8,9)10/h6H,3-5H2,1-2H3. The summed E-state index contributed by atoms with van der Waals surface area (Å²) >= 11 is 0. The zero-order valence-corrected chi connectivity index (χ0v) is 8.78. The molecule has 0 aromatic carbocycles. The molecule has 0 amide bonds. The van der Waals surface area contributed by atoms with E-state index >= 15 is 0 Å². The predicted octanol–water partition coefficient (Wildman–Crippen LogP) is 2.08. The summed E-state index contributed by atoms with van der Waals surface area (Å²) in [7, 11) is -4.08. The summed E-state index contributed by atoms with van der Waals surface area (Å²) in [6, 6.07) is 0. The maximum atomic E-state index is 11.6. The van der Waals surface area contributed by atoms with E-state index in [2.05, 4.69) is 4.18 Å². The first-order valence-electron chi connectivity index (χ1n) is 4.14. The zero-order valence-electron chi connectivity index (χ0n) is 7.97. The Morgan fingerprint density at radius 3 is 2.21 bits per heavy atom. The van der Waals surface area contributed by atoms with Crippen LogP contribution in [0.4, 0.5) is 13.2 Å². The van der Waals surface area contributed by atoms with Gasteiger partial charge in [0.15, 0.2) is 6.61 Å². The van der Waals surface area contributed by atoms with E-state index in [1.165, 1.54) is 6.92 Å². The topological polar surface area (TPSA) is 43.4 Å². The fraction of sp³-hybridized carbons (Fsp3) is 1.00. The molecule has 0 aromatic heterocycles. The number of halogens is 3. The van der Waals surface area contributed by atoms with Crippen LogP contribution in [-0.2, 0) is 14.3 Å². The van der Waals surface area contributed by atoms with E-state index < -0.39 is 28.2 Å². The number of hydrogen-bond donors (Lipinski definition) is 0. The van der Waals surface area contributed by atoms with Gasteiger partial charge in [0.25, 0.3) is 10.1 Å². The van der Waals surface area contributed by atoms with Crippen molar-refractivity contribution in [3.8, 4) is 0 Å². The summed E-state index contributed by atoms with van der Waals surface area (Å²) in [4.78, 5) is 0. The van der Waals surface area contributed by atoms with E-state index in [1.807, 2.05) is 0 Å². The lowest BCUT2D eigenvalue weighted by Gasteiger charge is -2.12. The average Bonchev–Trinajstić information content (AvgIpc) is 2.00. The summed E-state index contributed by atoms with van der Waals surface area (Å²) in [6.45, 7) is 1.33. The van der Waals surface area contributed by atoms with Crippen molar-refractivity contribution in [1.29, 1.82) is 0 Å². The first-order chi connectivity index (χ1) is 6.19. The van der Waals surface area contributed by atoms with Gasteiger partial charge in [-0.05, 0) is 13.3 Å². The monoisotopic (exact) mass is 234 g/mol. The quantitative estimate of drug-likeness (QED) is 0.684. The maximum absolute atomic E-state index is 11.6. The Hall–Kier alpha value is -0.300. The van der Waals surface area contributed by atoms with E-state index in [0.717, 1.165) is 0 Å². The van der Waals surface area contributed by atoms with Gasteiger partial charge in [-0.25, -0.2) is 0 Å².